The van der Waals surface area contributed by atoms with Crippen molar-refractivity contribution in [1.82, 2.24) is 10.1 Å². The summed E-state index contributed by atoms with van der Waals surface area (Å²) in [5.74, 6) is 0.665. The van der Waals surface area contributed by atoms with Gasteiger partial charge in [-0.2, -0.15) is 0 Å². The Morgan fingerprint density at radius 3 is 2.84 bits per heavy atom. The number of ether oxygens (including phenoxy) is 1. The zero-order valence-corrected chi connectivity index (χ0v) is 11.5. The molecular formula is C14H20N2O3. The van der Waals surface area contributed by atoms with E-state index in [4.69, 9.17) is 9.26 Å². The van der Waals surface area contributed by atoms with Crippen molar-refractivity contribution >= 4 is 5.91 Å². The molecule has 0 radical (unpaired) electrons. The van der Waals surface area contributed by atoms with Gasteiger partial charge in [0.15, 0.2) is 0 Å². The summed E-state index contributed by atoms with van der Waals surface area (Å²) in [6.45, 7) is 4.93. The van der Waals surface area contributed by atoms with Crippen molar-refractivity contribution in [2.75, 3.05) is 13.2 Å². The van der Waals surface area contributed by atoms with Gasteiger partial charge < -0.3 is 14.2 Å². The lowest BCUT2D eigenvalue weighted by atomic mass is 9.89. The molecular weight excluding hydrogens is 244 g/mol. The number of carbonyl (C=O) groups is 1. The van der Waals surface area contributed by atoms with Gasteiger partial charge >= 0.3 is 0 Å². The summed E-state index contributed by atoms with van der Waals surface area (Å²) in [6, 6.07) is 0.226. The van der Waals surface area contributed by atoms with Gasteiger partial charge in [-0.15, -0.1) is 0 Å². The first-order chi connectivity index (χ1) is 9.18. The normalized spacial score (nSPS) is 27.2. The van der Waals surface area contributed by atoms with Crippen LogP contribution in [0.5, 0.6) is 0 Å². The first-order valence-electron chi connectivity index (χ1n) is 7.04. The van der Waals surface area contributed by atoms with Crippen LogP contribution in [0.15, 0.2) is 4.52 Å². The Bertz CT molecular complexity index is 462. The van der Waals surface area contributed by atoms with Crippen molar-refractivity contribution in [2.24, 2.45) is 0 Å². The Balaban J connectivity index is 1.86. The lowest BCUT2D eigenvalue weighted by Gasteiger charge is -2.43. The predicted octanol–water partition coefficient (Wildman–Crippen LogP) is 2.08. The van der Waals surface area contributed by atoms with Crippen molar-refractivity contribution in [3.05, 3.63) is 17.0 Å². The molecule has 2 fully saturated rings. The number of hydrogen-bond acceptors (Lipinski definition) is 4. The fourth-order valence-corrected chi connectivity index (χ4v) is 3.28. The first kappa shape index (κ1) is 12.7. The minimum absolute atomic E-state index is 0.0523. The van der Waals surface area contributed by atoms with Crippen molar-refractivity contribution in [2.45, 2.75) is 51.7 Å². The van der Waals surface area contributed by atoms with Crippen LogP contribution in [-0.2, 0) is 4.74 Å². The molecule has 19 heavy (non-hydrogen) atoms. The maximum absolute atomic E-state index is 12.7. The number of fused-ring (bicyclic) bond motifs is 1. The molecule has 5 nitrogen and oxygen atoms in total. The second-order valence-electron chi connectivity index (χ2n) is 5.46. The molecule has 2 unspecified atom stereocenters. The number of aryl methyl sites for hydroxylation is 2. The summed E-state index contributed by atoms with van der Waals surface area (Å²) >= 11 is 0. The van der Waals surface area contributed by atoms with Gasteiger partial charge in [0, 0.05) is 6.54 Å². The Morgan fingerprint density at radius 1 is 1.32 bits per heavy atom. The summed E-state index contributed by atoms with van der Waals surface area (Å²) in [6.07, 6.45) is 4.70. The molecule has 1 aromatic rings. The number of amides is 1. The van der Waals surface area contributed by atoms with Gasteiger partial charge in [0.05, 0.1) is 24.4 Å². The highest BCUT2D eigenvalue weighted by Crippen LogP contribution is 2.30. The van der Waals surface area contributed by atoms with Crippen molar-refractivity contribution in [1.29, 1.82) is 0 Å². The van der Waals surface area contributed by atoms with E-state index in [0.717, 1.165) is 12.8 Å². The van der Waals surface area contributed by atoms with Crippen LogP contribution in [0.4, 0.5) is 0 Å². The zero-order valence-electron chi connectivity index (χ0n) is 11.5. The SMILES string of the molecule is Cc1noc(C)c1C(=O)N1CCOC2CCCCC21. The summed E-state index contributed by atoms with van der Waals surface area (Å²) in [5, 5.41) is 3.88. The van der Waals surface area contributed by atoms with Crippen molar-refractivity contribution < 1.29 is 14.1 Å². The average Bonchev–Trinajstić information content (AvgIpc) is 2.77. The highest BCUT2D eigenvalue weighted by atomic mass is 16.5. The van der Waals surface area contributed by atoms with Crippen LogP contribution >= 0.6 is 0 Å². The van der Waals surface area contributed by atoms with Crippen LogP contribution in [0, 0.1) is 13.8 Å². The Labute approximate surface area is 112 Å². The van der Waals surface area contributed by atoms with E-state index in [1.807, 2.05) is 11.8 Å². The zero-order chi connectivity index (χ0) is 13.4. The van der Waals surface area contributed by atoms with E-state index in [-0.39, 0.29) is 18.1 Å². The van der Waals surface area contributed by atoms with Gasteiger partial charge in [-0.25, -0.2) is 0 Å². The summed E-state index contributed by atoms with van der Waals surface area (Å²) in [7, 11) is 0. The molecule has 0 spiro atoms. The van der Waals surface area contributed by atoms with E-state index in [0.29, 0.717) is 30.2 Å². The molecule has 2 atom stereocenters. The van der Waals surface area contributed by atoms with Gasteiger partial charge in [-0.05, 0) is 26.7 Å². The lowest BCUT2D eigenvalue weighted by Crippen LogP contribution is -2.55. The monoisotopic (exact) mass is 264 g/mol. The fraction of sp³-hybridized carbons (Fsp3) is 0.714. The van der Waals surface area contributed by atoms with E-state index >= 15 is 0 Å². The number of nitrogens with zero attached hydrogens (tertiary/aromatic N) is 2. The third kappa shape index (κ3) is 2.16. The summed E-state index contributed by atoms with van der Waals surface area (Å²) < 4.78 is 10.9. The summed E-state index contributed by atoms with van der Waals surface area (Å²) in [5.41, 5.74) is 1.31. The number of rotatable bonds is 1. The summed E-state index contributed by atoms with van der Waals surface area (Å²) in [4.78, 5) is 14.7. The lowest BCUT2D eigenvalue weighted by molar-refractivity contribution is -0.0753. The molecule has 1 saturated heterocycles. The van der Waals surface area contributed by atoms with Gasteiger partial charge in [-0.1, -0.05) is 18.0 Å². The van der Waals surface area contributed by atoms with E-state index in [1.165, 1.54) is 12.8 Å². The molecule has 1 saturated carbocycles. The molecule has 1 amide bonds. The third-order valence-corrected chi connectivity index (χ3v) is 4.24. The standard InChI is InChI=1S/C14H20N2O3/c1-9-13(10(2)19-15-9)14(17)16-7-8-18-12-6-4-3-5-11(12)16/h11-12H,3-8H2,1-2H3. The Kier molecular flexibility index (Phi) is 3.31. The van der Waals surface area contributed by atoms with E-state index in [1.54, 1.807) is 6.92 Å². The highest BCUT2D eigenvalue weighted by molar-refractivity contribution is 5.96. The van der Waals surface area contributed by atoms with Gasteiger partial charge in [0.25, 0.3) is 5.91 Å². The molecule has 2 aliphatic rings. The number of morpholine rings is 1. The molecule has 1 aliphatic carbocycles. The number of aromatic nitrogens is 1. The van der Waals surface area contributed by atoms with Crippen LogP contribution in [0.1, 0.15) is 47.5 Å². The molecule has 2 heterocycles. The third-order valence-electron chi connectivity index (χ3n) is 4.24. The first-order valence-corrected chi connectivity index (χ1v) is 7.04. The molecule has 0 N–H and O–H groups in total. The van der Waals surface area contributed by atoms with Gasteiger partial charge in [0.1, 0.15) is 11.3 Å². The largest absolute Gasteiger partial charge is 0.374 e. The molecule has 1 aliphatic heterocycles. The number of carbonyl (C=O) groups excluding carboxylic acids is 1. The van der Waals surface area contributed by atoms with E-state index < -0.39 is 0 Å². The minimum Gasteiger partial charge on any atom is -0.374 e. The smallest absolute Gasteiger partial charge is 0.259 e. The van der Waals surface area contributed by atoms with Crippen LogP contribution in [-0.4, -0.2) is 41.3 Å². The van der Waals surface area contributed by atoms with Crippen LogP contribution in [0.3, 0.4) is 0 Å². The minimum atomic E-state index is 0.0523. The van der Waals surface area contributed by atoms with E-state index in [9.17, 15) is 4.79 Å². The number of hydrogen-bond donors (Lipinski definition) is 0. The maximum atomic E-state index is 12.7. The molecule has 5 heteroatoms. The topological polar surface area (TPSA) is 55.6 Å². The molecule has 0 bridgehead atoms. The molecule has 0 aromatic carbocycles. The Hall–Kier alpha value is -1.36. The van der Waals surface area contributed by atoms with Gasteiger partial charge in [0.2, 0.25) is 0 Å². The van der Waals surface area contributed by atoms with Crippen LogP contribution in [0.25, 0.3) is 0 Å². The quantitative estimate of drug-likeness (QED) is 0.779. The van der Waals surface area contributed by atoms with Crippen LogP contribution in [0.2, 0.25) is 0 Å². The van der Waals surface area contributed by atoms with Crippen LogP contribution < -0.4 is 0 Å². The van der Waals surface area contributed by atoms with E-state index in [2.05, 4.69) is 5.16 Å². The maximum Gasteiger partial charge on any atom is 0.259 e. The van der Waals surface area contributed by atoms with Gasteiger partial charge in [-0.3, -0.25) is 4.79 Å². The molecule has 3 rings (SSSR count). The predicted molar refractivity (Wildman–Crippen MR) is 69.0 cm³/mol. The highest BCUT2D eigenvalue weighted by Gasteiger charge is 2.38. The molecule has 104 valence electrons. The molecule has 1 aromatic heterocycles. The van der Waals surface area contributed by atoms with Crippen molar-refractivity contribution in [3.63, 3.8) is 0 Å². The second-order valence-corrected chi connectivity index (χ2v) is 5.46. The average molecular weight is 264 g/mol. The second kappa shape index (κ2) is 4.96. The Morgan fingerprint density at radius 2 is 2.11 bits per heavy atom. The fourth-order valence-electron chi connectivity index (χ4n) is 3.28. The van der Waals surface area contributed by atoms with Crippen molar-refractivity contribution in [3.8, 4) is 0 Å².